The summed E-state index contributed by atoms with van der Waals surface area (Å²) in [5.41, 5.74) is 2.42. The van der Waals surface area contributed by atoms with Crippen LogP contribution in [-0.4, -0.2) is 22.7 Å². The standard InChI is InChI=1S/C17H19N3O2S/c1-3-22-16(21)14-4-6-15(7-5-14)20-17(23)19-12(2)13-8-10-18-11-9-13/h4-12H,3H2,1-2H3,(H2,19,20,23). The van der Waals surface area contributed by atoms with E-state index in [1.807, 2.05) is 19.1 Å². The molecule has 0 saturated carbocycles. The molecule has 120 valence electrons. The topological polar surface area (TPSA) is 63.2 Å². The molecule has 0 aliphatic rings. The van der Waals surface area contributed by atoms with Gasteiger partial charge in [-0.25, -0.2) is 4.79 Å². The molecule has 1 aromatic heterocycles. The van der Waals surface area contributed by atoms with Crippen molar-refractivity contribution in [3.63, 3.8) is 0 Å². The first-order chi connectivity index (χ1) is 11.1. The van der Waals surface area contributed by atoms with Gasteiger partial charge in [0.2, 0.25) is 0 Å². The minimum Gasteiger partial charge on any atom is -0.462 e. The lowest BCUT2D eigenvalue weighted by molar-refractivity contribution is 0.0526. The minimum absolute atomic E-state index is 0.0665. The number of carbonyl (C=O) groups excluding carboxylic acids is 1. The molecule has 0 amide bonds. The highest BCUT2D eigenvalue weighted by atomic mass is 32.1. The highest BCUT2D eigenvalue weighted by Crippen LogP contribution is 2.13. The van der Waals surface area contributed by atoms with E-state index >= 15 is 0 Å². The van der Waals surface area contributed by atoms with E-state index in [0.717, 1.165) is 11.3 Å². The molecule has 0 bridgehead atoms. The third-order valence-electron chi connectivity index (χ3n) is 3.21. The average Bonchev–Trinajstić information content (AvgIpc) is 2.56. The zero-order valence-corrected chi connectivity index (χ0v) is 13.9. The fourth-order valence-electron chi connectivity index (χ4n) is 2.00. The van der Waals surface area contributed by atoms with Gasteiger partial charge in [-0.1, -0.05) is 0 Å². The first kappa shape index (κ1) is 16.9. The van der Waals surface area contributed by atoms with Crippen LogP contribution in [0.3, 0.4) is 0 Å². The average molecular weight is 329 g/mol. The summed E-state index contributed by atoms with van der Waals surface area (Å²) < 4.78 is 4.95. The normalized spacial score (nSPS) is 11.4. The summed E-state index contributed by atoms with van der Waals surface area (Å²) in [6, 6.07) is 10.9. The van der Waals surface area contributed by atoms with Gasteiger partial charge in [-0.2, -0.15) is 0 Å². The van der Waals surface area contributed by atoms with E-state index in [1.165, 1.54) is 0 Å². The van der Waals surface area contributed by atoms with E-state index in [2.05, 4.69) is 15.6 Å². The highest BCUT2D eigenvalue weighted by Gasteiger charge is 2.08. The van der Waals surface area contributed by atoms with Crippen molar-refractivity contribution in [2.75, 3.05) is 11.9 Å². The monoisotopic (exact) mass is 329 g/mol. The van der Waals surface area contributed by atoms with Crippen LogP contribution in [0.1, 0.15) is 35.8 Å². The van der Waals surface area contributed by atoms with Crippen molar-refractivity contribution in [3.05, 3.63) is 59.9 Å². The van der Waals surface area contributed by atoms with Crippen molar-refractivity contribution in [2.45, 2.75) is 19.9 Å². The molecule has 0 spiro atoms. The first-order valence-electron chi connectivity index (χ1n) is 7.34. The largest absolute Gasteiger partial charge is 0.462 e. The Morgan fingerprint density at radius 2 is 1.87 bits per heavy atom. The first-order valence-corrected chi connectivity index (χ1v) is 7.75. The van der Waals surface area contributed by atoms with Crippen LogP contribution in [0.4, 0.5) is 5.69 Å². The number of anilines is 1. The molecular weight excluding hydrogens is 310 g/mol. The molecule has 2 N–H and O–H groups in total. The number of rotatable bonds is 5. The van der Waals surface area contributed by atoms with Crippen molar-refractivity contribution >= 4 is 29.0 Å². The Morgan fingerprint density at radius 3 is 2.48 bits per heavy atom. The number of benzene rings is 1. The summed E-state index contributed by atoms with van der Waals surface area (Å²) in [6.45, 7) is 4.16. The van der Waals surface area contributed by atoms with E-state index in [0.29, 0.717) is 17.3 Å². The predicted octanol–water partition coefficient (Wildman–Crippen LogP) is 3.31. The van der Waals surface area contributed by atoms with Gasteiger partial charge in [-0.3, -0.25) is 4.98 Å². The number of ether oxygens (including phenoxy) is 1. The summed E-state index contributed by atoms with van der Waals surface area (Å²) >= 11 is 5.31. The molecule has 2 rings (SSSR count). The summed E-state index contributed by atoms with van der Waals surface area (Å²) in [7, 11) is 0. The van der Waals surface area contributed by atoms with Gasteiger partial charge in [0.25, 0.3) is 0 Å². The summed E-state index contributed by atoms with van der Waals surface area (Å²) in [6.07, 6.45) is 3.50. The summed E-state index contributed by atoms with van der Waals surface area (Å²) in [5.74, 6) is -0.328. The van der Waals surface area contributed by atoms with Gasteiger partial charge >= 0.3 is 5.97 Å². The second kappa shape index (κ2) is 8.24. The zero-order valence-electron chi connectivity index (χ0n) is 13.1. The van der Waals surface area contributed by atoms with Gasteiger partial charge in [0.1, 0.15) is 0 Å². The smallest absolute Gasteiger partial charge is 0.338 e. The van der Waals surface area contributed by atoms with Crippen LogP contribution in [0.25, 0.3) is 0 Å². The van der Waals surface area contributed by atoms with E-state index in [4.69, 9.17) is 17.0 Å². The molecule has 1 unspecified atom stereocenters. The third-order valence-corrected chi connectivity index (χ3v) is 3.43. The van der Waals surface area contributed by atoms with Gasteiger partial charge in [-0.15, -0.1) is 0 Å². The van der Waals surface area contributed by atoms with Crippen molar-refractivity contribution < 1.29 is 9.53 Å². The second-order valence-electron chi connectivity index (χ2n) is 4.90. The van der Waals surface area contributed by atoms with Crippen LogP contribution in [0.2, 0.25) is 0 Å². The lowest BCUT2D eigenvalue weighted by Gasteiger charge is -2.17. The molecule has 1 heterocycles. The summed E-state index contributed by atoms with van der Waals surface area (Å²) in [4.78, 5) is 15.6. The minimum atomic E-state index is -0.328. The van der Waals surface area contributed by atoms with Gasteiger partial charge in [-0.05, 0) is 68.0 Å². The van der Waals surface area contributed by atoms with Crippen LogP contribution in [0, 0.1) is 0 Å². The Morgan fingerprint density at radius 1 is 1.22 bits per heavy atom. The molecule has 1 atom stereocenters. The van der Waals surface area contributed by atoms with E-state index in [-0.39, 0.29) is 12.0 Å². The molecular formula is C17H19N3O2S. The van der Waals surface area contributed by atoms with E-state index in [1.54, 1.807) is 43.6 Å². The predicted molar refractivity (Wildman–Crippen MR) is 94.4 cm³/mol. The van der Waals surface area contributed by atoms with E-state index < -0.39 is 0 Å². The van der Waals surface area contributed by atoms with E-state index in [9.17, 15) is 4.79 Å². The zero-order chi connectivity index (χ0) is 16.7. The van der Waals surface area contributed by atoms with Crippen LogP contribution in [-0.2, 0) is 4.74 Å². The molecule has 0 aliphatic carbocycles. The second-order valence-corrected chi connectivity index (χ2v) is 5.31. The Kier molecular flexibility index (Phi) is 6.05. The highest BCUT2D eigenvalue weighted by molar-refractivity contribution is 7.80. The van der Waals surface area contributed by atoms with Gasteiger partial charge in [0, 0.05) is 18.1 Å². The summed E-state index contributed by atoms with van der Waals surface area (Å²) in [5, 5.41) is 6.81. The molecule has 2 aromatic rings. The van der Waals surface area contributed by atoms with Gasteiger partial charge in [0.05, 0.1) is 18.2 Å². The Labute approximate surface area is 141 Å². The molecule has 0 radical (unpaired) electrons. The molecule has 0 saturated heterocycles. The van der Waals surface area contributed by atoms with Crippen molar-refractivity contribution in [3.8, 4) is 0 Å². The number of esters is 1. The van der Waals surface area contributed by atoms with Crippen molar-refractivity contribution in [1.29, 1.82) is 0 Å². The maximum absolute atomic E-state index is 11.6. The van der Waals surface area contributed by atoms with Crippen LogP contribution < -0.4 is 10.6 Å². The Bertz CT molecular complexity index is 659. The van der Waals surface area contributed by atoms with Gasteiger partial charge in [0.15, 0.2) is 5.11 Å². The quantitative estimate of drug-likeness (QED) is 0.648. The molecule has 5 nitrogen and oxygen atoms in total. The maximum Gasteiger partial charge on any atom is 0.338 e. The van der Waals surface area contributed by atoms with Crippen molar-refractivity contribution in [2.24, 2.45) is 0 Å². The Hall–Kier alpha value is -2.47. The molecule has 23 heavy (non-hydrogen) atoms. The number of carbonyl (C=O) groups is 1. The SMILES string of the molecule is CCOC(=O)c1ccc(NC(=S)NC(C)c2ccncc2)cc1. The fourth-order valence-corrected chi connectivity index (χ4v) is 2.30. The molecule has 6 heteroatoms. The third kappa shape index (κ3) is 5.03. The fraction of sp³-hybridized carbons (Fsp3) is 0.235. The number of thiocarbonyl (C=S) groups is 1. The number of hydrogen-bond donors (Lipinski definition) is 2. The molecule has 0 fully saturated rings. The van der Waals surface area contributed by atoms with Gasteiger partial charge < -0.3 is 15.4 Å². The number of pyridine rings is 1. The number of aromatic nitrogens is 1. The Balaban J connectivity index is 1.91. The van der Waals surface area contributed by atoms with Crippen LogP contribution in [0.5, 0.6) is 0 Å². The van der Waals surface area contributed by atoms with Crippen molar-refractivity contribution in [1.82, 2.24) is 10.3 Å². The lowest BCUT2D eigenvalue weighted by atomic mass is 10.1. The number of hydrogen-bond acceptors (Lipinski definition) is 4. The molecule has 0 aliphatic heterocycles. The lowest BCUT2D eigenvalue weighted by Crippen LogP contribution is -2.30. The van der Waals surface area contributed by atoms with Crippen LogP contribution >= 0.6 is 12.2 Å². The molecule has 1 aromatic carbocycles. The number of nitrogens with one attached hydrogen (secondary N) is 2. The maximum atomic E-state index is 11.6. The number of nitrogens with zero attached hydrogens (tertiary/aromatic N) is 1. The van der Waals surface area contributed by atoms with Crippen LogP contribution in [0.15, 0.2) is 48.8 Å².